The summed E-state index contributed by atoms with van der Waals surface area (Å²) in [7, 11) is 0. The van der Waals surface area contributed by atoms with Gasteiger partial charge in [-0.15, -0.1) is 0 Å². The largest absolute Gasteiger partial charge is 0.439 e. The normalized spacial score (nSPS) is 18.9. The number of amides is 1. The van der Waals surface area contributed by atoms with Gasteiger partial charge in [0.1, 0.15) is 17.7 Å². The molecule has 2 atom stereocenters. The molecule has 0 bridgehead atoms. The quantitative estimate of drug-likeness (QED) is 0.673. The van der Waals surface area contributed by atoms with Crippen LogP contribution in [0, 0.1) is 11.6 Å². The summed E-state index contributed by atoms with van der Waals surface area (Å²) in [5.41, 5.74) is 2.26. The standard InChI is InChI=1S/C20H13ClF2N2O2/c21-14-3-1-11(2-4-14)12-7-13(10-24-9-12)18-19(27-20(26)25-18)16-8-15(22)5-6-17(16)23/h1-10,18-19H,(H,25,26)/t18-,19?/m1/s1. The fraction of sp³-hybridized carbons (Fsp3) is 0.100. The maximum absolute atomic E-state index is 14.2. The number of pyridine rings is 1. The molecule has 1 saturated heterocycles. The van der Waals surface area contributed by atoms with E-state index >= 15 is 0 Å². The molecule has 1 aliphatic rings. The Morgan fingerprint density at radius 2 is 1.78 bits per heavy atom. The molecular formula is C20H13ClF2N2O2. The SMILES string of the molecule is O=C1N[C@H](c2cncc(-c3ccc(Cl)cc3)c2)C(c2cc(F)ccc2F)O1. The Hall–Kier alpha value is -2.99. The molecule has 1 N–H and O–H groups in total. The summed E-state index contributed by atoms with van der Waals surface area (Å²) in [4.78, 5) is 16.0. The van der Waals surface area contributed by atoms with Crippen molar-refractivity contribution in [3.8, 4) is 11.1 Å². The molecular weight excluding hydrogens is 374 g/mol. The van der Waals surface area contributed by atoms with E-state index < -0.39 is 29.9 Å². The number of hydrogen-bond donors (Lipinski definition) is 1. The van der Waals surface area contributed by atoms with E-state index in [0.29, 0.717) is 10.6 Å². The number of alkyl carbamates (subject to hydrolysis) is 1. The number of cyclic esters (lactones) is 1. The van der Waals surface area contributed by atoms with Crippen molar-refractivity contribution in [2.45, 2.75) is 12.1 Å². The van der Waals surface area contributed by atoms with E-state index in [9.17, 15) is 13.6 Å². The number of hydrogen-bond acceptors (Lipinski definition) is 3. The number of halogens is 3. The van der Waals surface area contributed by atoms with E-state index in [0.717, 1.165) is 29.3 Å². The highest BCUT2D eigenvalue weighted by atomic mass is 35.5. The molecule has 2 aromatic carbocycles. The van der Waals surface area contributed by atoms with Crippen molar-refractivity contribution < 1.29 is 18.3 Å². The Balaban J connectivity index is 1.73. The van der Waals surface area contributed by atoms with Crippen molar-refractivity contribution in [2.24, 2.45) is 0 Å². The Labute approximate surface area is 158 Å². The van der Waals surface area contributed by atoms with Crippen LogP contribution in [0.4, 0.5) is 13.6 Å². The Bertz CT molecular complexity index is 1010. The first kappa shape index (κ1) is 17.4. The number of nitrogens with zero attached hydrogens (tertiary/aromatic N) is 1. The average Bonchev–Trinajstić information content (AvgIpc) is 3.06. The fourth-order valence-corrected chi connectivity index (χ4v) is 3.21. The van der Waals surface area contributed by atoms with Crippen molar-refractivity contribution in [3.63, 3.8) is 0 Å². The smallest absolute Gasteiger partial charge is 0.408 e. The highest BCUT2D eigenvalue weighted by Gasteiger charge is 2.38. The van der Waals surface area contributed by atoms with Gasteiger partial charge in [-0.2, -0.15) is 0 Å². The molecule has 0 aliphatic carbocycles. The van der Waals surface area contributed by atoms with E-state index in [2.05, 4.69) is 10.3 Å². The lowest BCUT2D eigenvalue weighted by Crippen LogP contribution is -2.20. The van der Waals surface area contributed by atoms with Crippen LogP contribution >= 0.6 is 11.6 Å². The number of benzene rings is 2. The first-order chi connectivity index (χ1) is 13.0. The molecule has 136 valence electrons. The number of aromatic nitrogens is 1. The monoisotopic (exact) mass is 386 g/mol. The predicted molar refractivity (Wildman–Crippen MR) is 96.1 cm³/mol. The predicted octanol–water partition coefficient (Wildman–Crippen LogP) is 5.20. The van der Waals surface area contributed by atoms with Crippen molar-refractivity contribution in [1.29, 1.82) is 0 Å². The zero-order valence-electron chi connectivity index (χ0n) is 13.8. The van der Waals surface area contributed by atoms with Gasteiger partial charge in [0.05, 0.1) is 0 Å². The third kappa shape index (κ3) is 3.48. The number of carbonyl (C=O) groups excluding carboxylic acids is 1. The van der Waals surface area contributed by atoms with Gasteiger partial charge in [-0.25, -0.2) is 13.6 Å². The number of carbonyl (C=O) groups is 1. The minimum Gasteiger partial charge on any atom is -0.439 e. The Kier molecular flexibility index (Phi) is 4.49. The molecule has 4 rings (SSSR count). The van der Waals surface area contributed by atoms with Gasteiger partial charge in [-0.1, -0.05) is 23.7 Å². The van der Waals surface area contributed by atoms with Crippen molar-refractivity contribution in [3.05, 3.63) is 88.7 Å². The van der Waals surface area contributed by atoms with Gasteiger partial charge in [-0.05, 0) is 47.5 Å². The number of ether oxygens (including phenoxy) is 1. The van der Waals surface area contributed by atoms with E-state index in [1.54, 1.807) is 24.5 Å². The zero-order chi connectivity index (χ0) is 19.0. The summed E-state index contributed by atoms with van der Waals surface area (Å²) in [5, 5.41) is 3.25. The van der Waals surface area contributed by atoms with Crippen LogP contribution in [0.5, 0.6) is 0 Å². The third-order valence-corrected chi connectivity index (χ3v) is 4.62. The van der Waals surface area contributed by atoms with Gasteiger partial charge in [0.25, 0.3) is 0 Å². The van der Waals surface area contributed by atoms with Crippen molar-refractivity contribution in [1.82, 2.24) is 10.3 Å². The molecule has 1 aliphatic heterocycles. The van der Waals surface area contributed by atoms with Gasteiger partial charge in [-0.3, -0.25) is 4.98 Å². The molecule has 4 nitrogen and oxygen atoms in total. The van der Waals surface area contributed by atoms with Crippen LogP contribution in [0.2, 0.25) is 5.02 Å². The maximum atomic E-state index is 14.2. The lowest BCUT2D eigenvalue weighted by atomic mass is 9.95. The molecule has 2 heterocycles. The number of rotatable bonds is 3. The summed E-state index contributed by atoms with van der Waals surface area (Å²) >= 11 is 5.92. The Morgan fingerprint density at radius 3 is 2.56 bits per heavy atom. The van der Waals surface area contributed by atoms with Gasteiger partial charge < -0.3 is 10.1 Å². The second kappa shape index (κ2) is 6.96. The highest BCUT2D eigenvalue weighted by molar-refractivity contribution is 6.30. The molecule has 0 spiro atoms. The lowest BCUT2D eigenvalue weighted by Gasteiger charge is -2.18. The van der Waals surface area contributed by atoms with Crippen LogP contribution in [-0.4, -0.2) is 11.1 Å². The van der Waals surface area contributed by atoms with Crippen molar-refractivity contribution in [2.75, 3.05) is 0 Å². The van der Waals surface area contributed by atoms with Crippen LogP contribution in [0.25, 0.3) is 11.1 Å². The highest BCUT2D eigenvalue weighted by Crippen LogP contribution is 2.38. The van der Waals surface area contributed by atoms with E-state index in [1.165, 1.54) is 0 Å². The topological polar surface area (TPSA) is 51.2 Å². The number of nitrogens with one attached hydrogen (secondary N) is 1. The molecule has 1 aromatic heterocycles. The van der Waals surface area contributed by atoms with Crippen LogP contribution < -0.4 is 5.32 Å². The molecule has 1 fully saturated rings. The van der Waals surface area contributed by atoms with Gasteiger partial charge >= 0.3 is 6.09 Å². The first-order valence-corrected chi connectivity index (χ1v) is 8.52. The molecule has 1 unspecified atom stereocenters. The molecule has 1 amide bonds. The van der Waals surface area contributed by atoms with Gasteiger partial charge in [0, 0.05) is 28.5 Å². The average molecular weight is 387 g/mol. The zero-order valence-corrected chi connectivity index (χ0v) is 14.6. The minimum atomic E-state index is -1.00. The van der Waals surface area contributed by atoms with Gasteiger partial charge in [0.15, 0.2) is 6.10 Å². The maximum Gasteiger partial charge on any atom is 0.408 e. The third-order valence-electron chi connectivity index (χ3n) is 4.37. The summed E-state index contributed by atoms with van der Waals surface area (Å²) in [6, 6.07) is 11.4. The minimum absolute atomic E-state index is 0.0322. The second-order valence-corrected chi connectivity index (χ2v) is 6.56. The van der Waals surface area contributed by atoms with E-state index in [1.807, 2.05) is 18.2 Å². The summed E-state index contributed by atoms with van der Waals surface area (Å²) in [6.45, 7) is 0. The molecule has 7 heteroatoms. The van der Waals surface area contributed by atoms with Crippen LogP contribution in [-0.2, 0) is 4.74 Å². The van der Waals surface area contributed by atoms with Crippen LogP contribution in [0.3, 0.4) is 0 Å². The fourth-order valence-electron chi connectivity index (χ4n) is 3.08. The summed E-state index contributed by atoms with van der Waals surface area (Å²) in [6.07, 6.45) is 1.52. The van der Waals surface area contributed by atoms with E-state index in [-0.39, 0.29) is 5.56 Å². The van der Waals surface area contributed by atoms with E-state index in [4.69, 9.17) is 16.3 Å². The lowest BCUT2D eigenvalue weighted by molar-refractivity contribution is 0.130. The van der Waals surface area contributed by atoms with Crippen LogP contribution in [0.15, 0.2) is 60.9 Å². The Morgan fingerprint density at radius 1 is 1.00 bits per heavy atom. The first-order valence-electron chi connectivity index (χ1n) is 8.14. The summed E-state index contributed by atoms with van der Waals surface area (Å²) < 4.78 is 33.0. The molecule has 3 aromatic rings. The summed E-state index contributed by atoms with van der Waals surface area (Å²) in [5.74, 6) is -1.26. The van der Waals surface area contributed by atoms with Gasteiger partial charge in [0.2, 0.25) is 0 Å². The molecule has 0 radical (unpaired) electrons. The second-order valence-electron chi connectivity index (χ2n) is 6.13. The van der Waals surface area contributed by atoms with Crippen LogP contribution in [0.1, 0.15) is 23.3 Å². The molecule has 27 heavy (non-hydrogen) atoms. The molecule has 0 saturated carbocycles. The van der Waals surface area contributed by atoms with Crippen molar-refractivity contribution >= 4 is 17.7 Å².